The second-order valence-electron chi connectivity index (χ2n) is 7.28. The van der Waals surface area contributed by atoms with Gasteiger partial charge in [-0.2, -0.15) is 0 Å². The second-order valence-corrected chi connectivity index (χ2v) is 7.28. The van der Waals surface area contributed by atoms with Crippen molar-refractivity contribution in [2.24, 2.45) is 5.41 Å². The third-order valence-corrected chi connectivity index (χ3v) is 6.17. The van der Waals surface area contributed by atoms with Crippen LogP contribution in [0.4, 0.5) is 0 Å². The smallest absolute Gasteiger partial charge is 0.119 e. The Hall–Kier alpha value is -1.06. The zero-order chi connectivity index (χ0) is 14.1. The van der Waals surface area contributed by atoms with Gasteiger partial charge in [0.25, 0.3) is 0 Å². The van der Waals surface area contributed by atoms with Crippen molar-refractivity contribution in [1.82, 2.24) is 10.2 Å². The predicted molar refractivity (Wildman–Crippen MR) is 80.4 cm³/mol. The number of nitrogens with one attached hydrogen (secondary N) is 1. The summed E-state index contributed by atoms with van der Waals surface area (Å²) in [6.07, 6.45) is 2.54. The van der Waals surface area contributed by atoms with E-state index in [0.717, 1.165) is 5.75 Å². The molecule has 0 aromatic heterocycles. The molecule has 1 N–H and O–H groups in total. The third kappa shape index (κ3) is 1.28. The van der Waals surface area contributed by atoms with E-state index in [2.05, 4.69) is 49.4 Å². The Bertz CT molecular complexity index is 572. The van der Waals surface area contributed by atoms with Crippen molar-refractivity contribution in [3.63, 3.8) is 0 Å². The number of likely N-dealkylation sites (N-methyl/N-ethyl adjacent to an activating group) is 2. The summed E-state index contributed by atoms with van der Waals surface area (Å²) >= 11 is 0. The molecule has 2 bridgehead atoms. The molecule has 2 unspecified atom stereocenters. The predicted octanol–water partition coefficient (Wildman–Crippen LogP) is 1.80. The molecule has 3 aliphatic rings. The molecule has 0 radical (unpaired) electrons. The molecule has 4 atom stereocenters. The first-order valence-corrected chi connectivity index (χ1v) is 7.59. The molecule has 1 aliphatic heterocycles. The Morgan fingerprint density at radius 3 is 2.85 bits per heavy atom. The monoisotopic (exact) mass is 272 g/mol. The number of fused-ring (bicyclic) bond motifs is 3. The molecule has 1 aromatic carbocycles. The van der Waals surface area contributed by atoms with Crippen molar-refractivity contribution in [2.75, 3.05) is 27.7 Å². The fourth-order valence-corrected chi connectivity index (χ4v) is 5.71. The Morgan fingerprint density at radius 2 is 2.20 bits per heavy atom. The summed E-state index contributed by atoms with van der Waals surface area (Å²) in [6, 6.07) is 7.90. The van der Waals surface area contributed by atoms with Gasteiger partial charge in [-0.3, -0.25) is 0 Å². The molecular formula is C17H24N2O. The molecule has 108 valence electrons. The van der Waals surface area contributed by atoms with Crippen LogP contribution >= 0.6 is 0 Å². The lowest BCUT2D eigenvalue weighted by Crippen LogP contribution is -2.66. The van der Waals surface area contributed by atoms with Gasteiger partial charge in [0.15, 0.2) is 0 Å². The number of rotatable bonds is 2. The highest BCUT2D eigenvalue weighted by atomic mass is 16.5. The van der Waals surface area contributed by atoms with E-state index >= 15 is 0 Å². The number of hydrogen-bond acceptors (Lipinski definition) is 3. The molecule has 1 saturated carbocycles. The van der Waals surface area contributed by atoms with E-state index in [4.69, 9.17) is 4.74 Å². The lowest BCUT2D eigenvalue weighted by Gasteiger charge is -2.54. The fraction of sp³-hybridized carbons (Fsp3) is 0.647. The summed E-state index contributed by atoms with van der Waals surface area (Å²) in [4.78, 5) is 2.54. The van der Waals surface area contributed by atoms with E-state index in [1.807, 2.05) is 0 Å². The van der Waals surface area contributed by atoms with Gasteiger partial charge in [0.1, 0.15) is 5.75 Å². The lowest BCUT2D eigenvalue weighted by molar-refractivity contribution is -0.0412. The van der Waals surface area contributed by atoms with Crippen LogP contribution in [0.2, 0.25) is 0 Å². The van der Waals surface area contributed by atoms with E-state index in [1.54, 1.807) is 7.11 Å². The Balaban J connectivity index is 1.89. The van der Waals surface area contributed by atoms with Crippen LogP contribution in [0.15, 0.2) is 18.2 Å². The maximum absolute atomic E-state index is 5.46. The highest BCUT2D eigenvalue weighted by Crippen LogP contribution is 2.63. The summed E-state index contributed by atoms with van der Waals surface area (Å²) in [6.45, 7) is 3.69. The first kappa shape index (κ1) is 12.7. The van der Waals surface area contributed by atoms with E-state index in [1.165, 1.54) is 30.5 Å². The Kier molecular flexibility index (Phi) is 2.39. The van der Waals surface area contributed by atoms with Gasteiger partial charge in [0.05, 0.1) is 7.11 Å². The minimum absolute atomic E-state index is 0.228. The van der Waals surface area contributed by atoms with Crippen molar-refractivity contribution in [3.05, 3.63) is 29.3 Å². The zero-order valence-electron chi connectivity index (χ0n) is 12.9. The summed E-state index contributed by atoms with van der Waals surface area (Å²) in [7, 11) is 6.15. The molecule has 2 aliphatic carbocycles. The summed E-state index contributed by atoms with van der Waals surface area (Å²) in [5.41, 5.74) is 3.77. The second kappa shape index (κ2) is 3.77. The highest BCUT2D eigenvalue weighted by molar-refractivity contribution is 5.49. The van der Waals surface area contributed by atoms with Gasteiger partial charge in [0.2, 0.25) is 0 Å². The molecule has 1 aromatic rings. The van der Waals surface area contributed by atoms with Crippen LogP contribution in [0.1, 0.15) is 24.5 Å². The first-order chi connectivity index (χ1) is 9.54. The van der Waals surface area contributed by atoms with Gasteiger partial charge in [-0.1, -0.05) is 13.0 Å². The molecule has 4 rings (SSSR count). The number of nitrogens with zero attached hydrogens (tertiary/aromatic N) is 1. The van der Waals surface area contributed by atoms with Crippen LogP contribution in [-0.4, -0.2) is 44.7 Å². The fourth-order valence-electron chi connectivity index (χ4n) is 5.71. The van der Waals surface area contributed by atoms with Gasteiger partial charge in [-0.05, 0) is 50.2 Å². The van der Waals surface area contributed by atoms with Gasteiger partial charge < -0.3 is 15.0 Å². The lowest BCUT2D eigenvalue weighted by atomic mass is 9.63. The molecule has 1 heterocycles. The minimum Gasteiger partial charge on any atom is -0.497 e. The van der Waals surface area contributed by atoms with Crippen LogP contribution < -0.4 is 10.1 Å². The van der Waals surface area contributed by atoms with Gasteiger partial charge in [0, 0.05) is 29.5 Å². The number of hydrogen-bond donors (Lipinski definition) is 1. The molecule has 1 spiro atoms. The normalized spacial score (nSPS) is 41.8. The number of methoxy groups -OCH3 is 1. The van der Waals surface area contributed by atoms with Crippen LogP contribution in [-0.2, 0) is 11.8 Å². The standard InChI is InChI=1S/C17H24N2O/c1-16-9-17(10-19(3)15(17)14(16)18-2)8-11-5-6-12(20-4)7-13(11)16/h5-7,14-15,18H,8-10H2,1-4H3/t14-,15-,16?,17?/m0/s1. The van der Waals surface area contributed by atoms with Crippen LogP contribution in [0.25, 0.3) is 0 Å². The van der Waals surface area contributed by atoms with Crippen LogP contribution in [0.3, 0.4) is 0 Å². The first-order valence-electron chi connectivity index (χ1n) is 7.59. The molecule has 3 nitrogen and oxygen atoms in total. The Morgan fingerprint density at radius 1 is 1.40 bits per heavy atom. The summed E-state index contributed by atoms with van der Waals surface area (Å²) in [5.74, 6) is 0.989. The van der Waals surface area contributed by atoms with Crippen molar-refractivity contribution >= 4 is 0 Å². The van der Waals surface area contributed by atoms with Crippen molar-refractivity contribution < 1.29 is 4.74 Å². The van der Waals surface area contributed by atoms with Crippen LogP contribution in [0.5, 0.6) is 5.75 Å². The highest BCUT2D eigenvalue weighted by Gasteiger charge is 2.68. The average Bonchev–Trinajstić information content (AvgIpc) is 2.60. The molecule has 0 amide bonds. The molecule has 20 heavy (non-hydrogen) atoms. The number of likely N-dealkylation sites (tertiary alicyclic amines) is 1. The van der Waals surface area contributed by atoms with Crippen molar-refractivity contribution in [3.8, 4) is 5.75 Å². The van der Waals surface area contributed by atoms with E-state index in [0.29, 0.717) is 17.5 Å². The quantitative estimate of drug-likeness (QED) is 0.888. The molecule has 3 heteroatoms. The zero-order valence-corrected chi connectivity index (χ0v) is 12.9. The van der Waals surface area contributed by atoms with Crippen molar-refractivity contribution in [1.29, 1.82) is 0 Å². The van der Waals surface area contributed by atoms with E-state index in [-0.39, 0.29) is 5.41 Å². The van der Waals surface area contributed by atoms with E-state index < -0.39 is 0 Å². The molecule has 2 fully saturated rings. The van der Waals surface area contributed by atoms with Gasteiger partial charge in [-0.15, -0.1) is 0 Å². The SMILES string of the molecule is CN[C@H]1[C@@H]2N(C)CC23Cc2ccc(OC)cc2C1(C)C3. The minimum atomic E-state index is 0.228. The third-order valence-electron chi connectivity index (χ3n) is 6.17. The van der Waals surface area contributed by atoms with Crippen LogP contribution in [0, 0.1) is 5.41 Å². The molecule has 1 saturated heterocycles. The van der Waals surface area contributed by atoms with Gasteiger partial charge >= 0.3 is 0 Å². The molecular weight excluding hydrogens is 248 g/mol. The maximum atomic E-state index is 5.46. The van der Waals surface area contributed by atoms with E-state index in [9.17, 15) is 0 Å². The topological polar surface area (TPSA) is 24.5 Å². The Labute approximate surface area is 121 Å². The summed E-state index contributed by atoms with van der Waals surface area (Å²) in [5, 5.41) is 3.63. The average molecular weight is 272 g/mol. The summed E-state index contributed by atoms with van der Waals surface area (Å²) < 4.78 is 5.46. The number of ether oxygens (including phenoxy) is 1. The van der Waals surface area contributed by atoms with Gasteiger partial charge in [-0.25, -0.2) is 0 Å². The maximum Gasteiger partial charge on any atom is 0.119 e. The number of benzene rings is 1. The van der Waals surface area contributed by atoms with Crippen molar-refractivity contribution in [2.45, 2.75) is 37.3 Å². The largest absolute Gasteiger partial charge is 0.497 e.